The van der Waals surface area contributed by atoms with Gasteiger partial charge >= 0.3 is 0 Å². The van der Waals surface area contributed by atoms with Gasteiger partial charge in [0.1, 0.15) is 11.6 Å². The molecule has 7 heteroatoms. The Hall–Kier alpha value is -2.69. The number of aryl methyl sites for hydroxylation is 3. The highest BCUT2D eigenvalue weighted by atomic mass is 32.1. The van der Waals surface area contributed by atoms with Crippen molar-refractivity contribution in [2.45, 2.75) is 33.7 Å². The number of aromatic nitrogens is 1. The molecule has 1 aliphatic rings. The summed E-state index contributed by atoms with van der Waals surface area (Å²) in [7, 11) is 2.09. The summed E-state index contributed by atoms with van der Waals surface area (Å²) in [6.45, 7) is 7.78. The lowest BCUT2D eigenvalue weighted by Crippen LogP contribution is -2.25. The summed E-state index contributed by atoms with van der Waals surface area (Å²) in [5.41, 5.74) is 4.95. The topological polar surface area (TPSA) is 81.0 Å². The first-order valence-corrected chi connectivity index (χ1v) is 9.62. The van der Waals surface area contributed by atoms with Crippen LogP contribution in [0.25, 0.3) is 0 Å². The number of hydrogen-bond donors (Lipinski definition) is 2. The lowest BCUT2D eigenvalue weighted by molar-refractivity contribution is -0.112. The van der Waals surface area contributed by atoms with Crippen LogP contribution in [0.2, 0.25) is 0 Å². The summed E-state index contributed by atoms with van der Waals surface area (Å²) in [6.07, 6.45) is 2.35. The second-order valence-corrected chi connectivity index (χ2v) is 8.00. The fourth-order valence-corrected chi connectivity index (χ4v) is 4.28. The number of thiazole rings is 1. The molecule has 140 valence electrons. The van der Waals surface area contributed by atoms with Crippen molar-refractivity contribution in [3.8, 4) is 6.07 Å². The van der Waals surface area contributed by atoms with Crippen molar-refractivity contribution in [1.29, 1.82) is 5.26 Å². The fourth-order valence-electron chi connectivity index (χ4n) is 3.23. The van der Waals surface area contributed by atoms with Crippen LogP contribution in [0.1, 0.15) is 27.3 Å². The number of nitriles is 1. The summed E-state index contributed by atoms with van der Waals surface area (Å²) in [6, 6.07) is 5.98. The van der Waals surface area contributed by atoms with Gasteiger partial charge in [0.15, 0.2) is 5.13 Å². The molecule has 0 saturated heterocycles. The molecule has 0 radical (unpaired) electrons. The highest BCUT2D eigenvalue weighted by Crippen LogP contribution is 2.28. The summed E-state index contributed by atoms with van der Waals surface area (Å²) in [5.74, 6) is -0.430. The summed E-state index contributed by atoms with van der Waals surface area (Å²) in [5, 5.41) is 16.0. The van der Waals surface area contributed by atoms with Crippen LogP contribution in [0.5, 0.6) is 0 Å². The maximum atomic E-state index is 12.5. The first-order valence-electron chi connectivity index (χ1n) is 8.80. The van der Waals surface area contributed by atoms with Gasteiger partial charge in [0.05, 0.1) is 5.69 Å². The largest absolute Gasteiger partial charge is 0.337 e. The van der Waals surface area contributed by atoms with E-state index in [1.54, 1.807) is 11.3 Å². The van der Waals surface area contributed by atoms with Crippen LogP contribution in [-0.2, 0) is 17.8 Å². The van der Waals surface area contributed by atoms with Crippen molar-refractivity contribution in [3.63, 3.8) is 0 Å². The molecule has 2 N–H and O–H groups in total. The number of likely N-dealkylation sites (N-methyl/N-ethyl adjacent to an activating group) is 1. The third-order valence-corrected chi connectivity index (χ3v) is 5.56. The minimum atomic E-state index is -0.430. The average Bonchev–Trinajstić information content (AvgIpc) is 3.00. The number of anilines is 2. The standard InChI is InChI=1S/C20H23N5OS/c1-12-7-13(2)18(14(3)8-12)24-19(26)15(9-21)10-22-20-23-16-5-6-25(4)11-17(16)27-20/h7-8,10H,5-6,11H2,1-4H3,(H,22,23)(H,24,26)/b15-10-. The zero-order valence-corrected chi connectivity index (χ0v) is 16.8. The second-order valence-electron chi connectivity index (χ2n) is 6.92. The highest BCUT2D eigenvalue weighted by molar-refractivity contribution is 7.15. The molecule has 1 aromatic heterocycles. The first kappa shape index (κ1) is 19.1. The molecule has 3 rings (SSSR count). The molecule has 0 unspecified atom stereocenters. The maximum absolute atomic E-state index is 12.5. The van der Waals surface area contributed by atoms with E-state index in [2.05, 4.69) is 27.6 Å². The van der Waals surface area contributed by atoms with Crippen molar-refractivity contribution in [3.05, 3.63) is 51.2 Å². The summed E-state index contributed by atoms with van der Waals surface area (Å²) in [4.78, 5) is 20.6. The molecule has 0 atom stereocenters. The van der Waals surface area contributed by atoms with E-state index >= 15 is 0 Å². The molecular formula is C20H23N5OS. The molecule has 1 amide bonds. The van der Waals surface area contributed by atoms with Crippen LogP contribution in [0.4, 0.5) is 10.8 Å². The molecule has 0 saturated carbocycles. The van der Waals surface area contributed by atoms with Crippen LogP contribution < -0.4 is 10.6 Å². The Morgan fingerprint density at radius 3 is 2.70 bits per heavy atom. The molecule has 0 spiro atoms. The Morgan fingerprint density at radius 1 is 1.33 bits per heavy atom. The zero-order chi connectivity index (χ0) is 19.6. The quantitative estimate of drug-likeness (QED) is 0.626. The van der Waals surface area contributed by atoms with Crippen LogP contribution in [-0.4, -0.2) is 29.4 Å². The van der Waals surface area contributed by atoms with E-state index in [-0.39, 0.29) is 5.57 Å². The number of amides is 1. The van der Waals surface area contributed by atoms with E-state index in [0.29, 0.717) is 5.13 Å². The normalized spacial score (nSPS) is 14.4. The Morgan fingerprint density at radius 2 is 2.04 bits per heavy atom. The molecule has 0 bridgehead atoms. The summed E-state index contributed by atoms with van der Waals surface area (Å²) >= 11 is 1.56. The van der Waals surface area contributed by atoms with Gasteiger partial charge in [0.25, 0.3) is 5.91 Å². The Kier molecular flexibility index (Phi) is 5.59. The number of fused-ring (bicyclic) bond motifs is 1. The van der Waals surface area contributed by atoms with Crippen molar-refractivity contribution in [1.82, 2.24) is 9.88 Å². The first-order chi connectivity index (χ1) is 12.9. The molecule has 1 aromatic carbocycles. The lowest BCUT2D eigenvalue weighted by atomic mass is 10.0. The predicted octanol–water partition coefficient (Wildman–Crippen LogP) is 3.51. The fraction of sp³-hybridized carbons (Fsp3) is 0.350. The third kappa shape index (κ3) is 4.35. The van der Waals surface area contributed by atoms with Gasteiger partial charge in [-0.1, -0.05) is 17.7 Å². The molecule has 0 fully saturated rings. The monoisotopic (exact) mass is 381 g/mol. The van der Waals surface area contributed by atoms with Gasteiger partial charge < -0.3 is 15.5 Å². The van der Waals surface area contributed by atoms with Crippen molar-refractivity contribution < 1.29 is 4.79 Å². The van der Waals surface area contributed by atoms with Crippen molar-refractivity contribution in [2.75, 3.05) is 24.2 Å². The minimum Gasteiger partial charge on any atom is -0.337 e. The maximum Gasteiger partial charge on any atom is 0.267 e. The average molecular weight is 382 g/mol. The van der Waals surface area contributed by atoms with Crippen molar-refractivity contribution in [2.24, 2.45) is 0 Å². The smallest absolute Gasteiger partial charge is 0.267 e. The number of rotatable bonds is 4. The number of nitrogens with one attached hydrogen (secondary N) is 2. The molecule has 2 aromatic rings. The van der Waals surface area contributed by atoms with E-state index in [0.717, 1.165) is 47.6 Å². The van der Waals surface area contributed by atoms with Gasteiger partial charge in [-0.25, -0.2) is 4.98 Å². The second kappa shape index (κ2) is 7.91. The zero-order valence-electron chi connectivity index (χ0n) is 16.0. The molecule has 0 aliphatic carbocycles. The molecular weight excluding hydrogens is 358 g/mol. The van der Waals surface area contributed by atoms with E-state index in [9.17, 15) is 10.1 Å². The Labute approximate surface area is 163 Å². The molecule has 2 heterocycles. The van der Waals surface area contributed by atoms with Gasteiger partial charge in [0.2, 0.25) is 0 Å². The lowest BCUT2D eigenvalue weighted by Gasteiger charge is -2.20. The van der Waals surface area contributed by atoms with Crippen LogP contribution >= 0.6 is 11.3 Å². The number of carbonyl (C=O) groups is 1. The molecule has 27 heavy (non-hydrogen) atoms. The third-order valence-electron chi connectivity index (χ3n) is 4.54. The predicted molar refractivity (Wildman–Crippen MR) is 109 cm³/mol. The number of carbonyl (C=O) groups excluding carboxylic acids is 1. The highest BCUT2D eigenvalue weighted by Gasteiger charge is 2.18. The van der Waals surface area contributed by atoms with Crippen LogP contribution in [0.3, 0.4) is 0 Å². The van der Waals surface area contributed by atoms with Crippen LogP contribution in [0, 0.1) is 32.1 Å². The van der Waals surface area contributed by atoms with E-state index < -0.39 is 5.91 Å². The van der Waals surface area contributed by atoms with Gasteiger partial charge in [-0.05, 0) is 38.9 Å². The van der Waals surface area contributed by atoms with Gasteiger partial charge in [-0.2, -0.15) is 5.26 Å². The van der Waals surface area contributed by atoms with E-state index in [1.807, 2.05) is 39.0 Å². The van der Waals surface area contributed by atoms with Gasteiger partial charge in [-0.15, -0.1) is 11.3 Å². The van der Waals surface area contributed by atoms with Gasteiger partial charge in [-0.3, -0.25) is 4.79 Å². The Balaban J connectivity index is 1.73. The number of benzene rings is 1. The SMILES string of the molecule is Cc1cc(C)c(NC(=O)/C(C#N)=C\Nc2nc3c(s2)CN(C)CC3)c(C)c1. The van der Waals surface area contributed by atoms with Crippen LogP contribution in [0.15, 0.2) is 23.9 Å². The van der Waals surface area contributed by atoms with E-state index in [1.165, 1.54) is 11.1 Å². The molecule has 1 aliphatic heterocycles. The number of nitrogens with zero attached hydrogens (tertiary/aromatic N) is 3. The summed E-state index contributed by atoms with van der Waals surface area (Å²) < 4.78 is 0. The number of hydrogen-bond acceptors (Lipinski definition) is 6. The van der Waals surface area contributed by atoms with Crippen molar-refractivity contribution >= 4 is 28.1 Å². The Bertz CT molecular complexity index is 931. The van der Waals surface area contributed by atoms with Gasteiger partial charge in [0, 0.05) is 36.3 Å². The van der Waals surface area contributed by atoms with E-state index in [4.69, 9.17) is 0 Å². The molecule has 6 nitrogen and oxygen atoms in total. The minimum absolute atomic E-state index is 0.0136.